The van der Waals surface area contributed by atoms with Crippen molar-refractivity contribution in [1.82, 2.24) is 19.5 Å². The van der Waals surface area contributed by atoms with Crippen LogP contribution in [0.15, 0.2) is 66.7 Å². The topological polar surface area (TPSA) is 55.6 Å². The van der Waals surface area contributed by atoms with Crippen LogP contribution in [-0.2, 0) is 6.54 Å². The zero-order chi connectivity index (χ0) is 17.1. The summed E-state index contributed by atoms with van der Waals surface area (Å²) in [5.74, 6) is 1.35. The first-order valence-electron chi connectivity index (χ1n) is 7.67. The summed E-state index contributed by atoms with van der Waals surface area (Å²) in [7, 11) is 0. The Bertz CT molecular complexity index is 967. The molecule has 4 rings (SSSR count). The lowest BCUT2D eigenvalue weighted by Gasteiger charge is -2.12. The van der Waals surface area contributed by atoms with E-state index in [0.29, 0.717) is 12.5 Å². The number of aromatic nitrogens is 4. The Hall–Kier alpha value is -2.70. The second kappa shape index (κ2) is 7.04. The third-order valence-corrected chi connectivity index (χ3v) is 4.79. The number of thiophene rings is 1. The van der Waals surface area contributed by atoms with Gasteiger partial charge in [-0.1, -0.05) is 29.8 Å². The van der Waals surface area contributed by atoms with Crippen molar-refractivity contribution in [2.24, 2.45) is 0 Å². The van der Waals surface area contributed by atoms with Crippen LogP contribution in [0.5, 0.6) is 0 Å². The van der Waals surface area contributed by atoms with E-state index in [0.717, 1.165) is 26.8 Å². The van der Waals surface area contributed by atoms with Crippen molar-refractivity contribution in [3.8, 4) is 16.4 Å². The predicted octanol–water partition coefficient (Wildman–Crippen LogP) is 4.66. The van der Waals surface area contributed by atoms with Crippen molar-refractivity contribution in [3.05, 3.63) is 77.3 Å². The second-order valence-electron chi connectivity index (χ2n) is 5.36. The third-order valence-electron chi connectivity index (χ3n) is 3.65. The van der Waals surface area contributed by atoms with Gasteiger partial charge in [-0.05, 0) is 29.1 Å². The maximum absolute atomic E-state index is 6.07. The number of imidazole rings is 1. The number of nitrogens with one attached hydrogen (secondary N) is 1. The molecular weight excluding hydrogens is 354 g/mol. The lowest BCUT2D eigenvalue weighted by atomic mass is 10.2. The molecule has 0 saturated heterocycles. The summed E-state index contributed by atoms with van der Waals surface area (Å²) in [5, 5.41) is 6.17. The van der Waals surface area contributed by atoms with Gasteiger partial charge in [0.15, 0.2) is 0 Å². The summed E-state index contributed by atoms with van der Waals surface area (Å²) in [6.45, 7) is 0.624. The summed E-state index contributed by atoms with van der Waals surface area (Å²) < 4.78 is 1.78. The molecule has 4 aromatic rings. The van der Waals surface area contributed by atoms with Gasteiger partial charge in [-0.25, -0.2) is 9.97 Å². The van der Waals surface area contributed by atoms with Crippen LogP contribution in [0.4, 0.5) is 5.82 Å². The molecule has 0 saturated carbocycles. The minimum absolute atomic E-state index is 0.575. The standard InChI is InChI=1S/C18H14ClN5S/c19-14-4-1-3-13(9-14)10-21-17-15(16-5-2-8-25-16)11-22-18(23-17)24-7-6-20-12-24/h1-9,11-12H,10H2,(H,21,22,23). The van der Waals surface area contributed by atoms with Crippen LogP contribution in [0.1, 0.15) is 5.56 Å². The fourth-order valence-electron chi connectivity index (χ4n) is 2.45. The summed E-state index contributed by atoms with van der Waals surface area (Å²) in [5.41, 5.74) is 2.06. The van der Waals surface area contributed by atoms with E-state index in [9.17, 15) is 0 Å². The highest BCUT2D eigenvalue weighted by atomic mass is 35.5. The fourth-order valence-corrected chi connectivity index (χ4v) is 3.40. The SMILES string of the molecule is Clc1cccc(CNc2nc(-n3ccnc3)ncc2-c2cccs2)c1. The Balaban J connectivity index is 1.68. The lowest BCUT2D eigenvalue weighted by Crippen LogP contribution is -2.07. The van der Waals surface area contributed by atoms with Crippen LogP contribution in [0, 0.1) is 0 Å². The molecule has 0 aliphatic heterocycles. The van der Waals surface area contributed by atoms with Gasteiger partial charge >= 0.3 is 0 Å². The van der Waals surface area contributed by atoms with E-state index >= 15 is 0 Å². The minimum atomic E-state index is 0.575. The van der Waals surface area contributed by atoms with Crippen molar-refractivity contribution in [2.45, 2.75) is 6.54 Å². The van der Waals surface area contributed by atoms with Crippen LogP contribution >= 0.6 is 22.9 Å². The van der Waals surface area contributed by atoms with Gasteiger partial charge in [0.2, 0.25) is 5.95 Å². The van der Waals surface area contributed by atoms with Crippen molar-refractivity contribution >= 4 is 28.8 Å². The molecular formula is C18H14ClN5S. The quantitative estimate of drug-likeness (QED) is 0.557. The highest BCUT2D eigenvalue weighted by molar-refractivity contribution is 7.13. The molecule has 0 bridgehead atoms. The normalized spacial score (nSPS) is 10.8. The van der Waals surface area contributed by atoms with Gasteiger partial charge in [0.05, 0.1) is 5.56 Å². The maximum Gasteiger partial charge on any atom is 0.236 e. The Labute approximate surface area is 154 Å². The average Bonchev–Trinajstić information content (AvgIpc) is 3.33. The van der Waals surface area contributed by atoms with Crippen molar-refractivity contribution in [2.75, 3.05) is 5.32 Å². The number of anilines is 1. The molecule has 0 amide bonds. The summed E-state index contributed by atoms with van der Waals surface area (Å²) in [6, 6.07) is 11.9. The molecule has 3 heterocycles. The van der Waals surface area contributed by atoms with Gasteiger partial charge in [-0.15, -0.1) is 11.3 Å². The third kappa shape index (κ3) is 3.55. The van der Waals surface area contributed by atoms with E-state index in [1.165, 1.54) is 0 Å². The number of nitrogens with zero attached hydrogens (tertiary/aromatic N) is 4. The van der Waals surface area contributed by atoms with E-state index in [1.54, 1.807) is 28.4 Å². The monoisotopic (exact) mass is 367 g/mol. The van der Waals surface area contributed by atoms with Crippen LogP contribution in [-0.4, -0.2) is 19.5 Å². The Morgan fingerprint density at radius 1 is 1.20 bits per heavy atom. The van der Waals surface area contributed by atoms with E-state index in [-0.39, 0.29) is 0 Å². The van der Waals surface area contributed by atoms with Crippen molar-refractivity contribution in [1.29, 1.82) is 0 Å². The summed E-state index contributed by atoms with van der Waals surface area (Å²) >= 11 is 7.73. The molecule has 124 valence electrons. The Morgan fingerprint density at radius 2 is 2.16 bits per heavy atom. The van der Waals surface area contributed by atoms with E-state index in [2.05, 4.69) is 26.3 Å². The smallest absolute Gasteiger partial charge is 0.236 e. The molecule has 0 radical (unpaired) electrons. The Kier molecular flexibility index (Phi) is 4.45. The number of benzene rings is 1. The molecule has 0 unspecified atom stereocenters. The molecule has 0 aliphatic rings. The van der Waals surface area contributed by atoms with Gasteiger partial charge in [0, 0.05) is 35.0 Å². The number of hydrogen-bond donors (Lipinski definition) is 1. The van der Waals surface area contributed by atoms with Gasteiger partial charge in [0.25, 0.3) is 0 Å². The number of rotatable bonds is 5. The summed E-state index contributed by atoms with van der Waals surface area (Å²) in [4.78, 5) is 14.3. The van der Waals surface area contributed by atoms with E-state index < -0.39 is 0 Å². The van der Waals surface area contributed by atoms with Gasteiger partial charge in [-0.3, -0.25) is 4.57 Å². The molecule has 25 heavy (non-hydrogen) atoms. The molecule has 0 fully saturated rings. The molecule has 0 spiro atoms. The highest BCUT2D eigenvalue weighted by Gasteiger charge is 2.11. The van der Waals surface area contributed by atoms with E-state index in [1.807, 2.05) is 48.1 Å². The molecule has 7 heteroatoms. The highest BCUT2D eigenvalue weighted by Crippen LogP contribution is 2.30. The lowest BCUT2D eigenvalue weighted by molar-refractivity contribution is 0.922. The average molecular weight is 368 g/mol. The van der Waals surface area contributed by atoms with Crippen molar-refractivity contribution in [3.63, 3.8) is 0 Å². The number of hydrogen-bond acceptors (Lipinski definition) is 5. The van der Waals surface area contributed by atoms with Gasteiger partial charge in [-0.2, -0.15) is 4.98 Å². The Morgan fingerprint density at radius 3 is 2.92 bits per heavy atom. The van der Waals surface area contributed by atoms with Gasteiger partial charge in [0.1, 0.15) is 12.1 Å². The minimum Gasteiger partial charge on any atom is -0.365 e. The first-order valence-corrected chi connectivity index (χ1v) is 8.93. The van der Waals surface area contributed by atoms with Crippen LogP contribution in [0.25, 0.3) is 16.4 Å². The molecule has 1 aromatic carbocycles. The zero-order valence-corrected chi connectivity index (χ0v) is 14.7. The van der Waals surface area contributed by atoms with Crippen molar-refractivity contribution < 1.29 is 0 Å². The maximum atomic E-state index is 6.07. The zero-order valence-electron chi connectivity index (χ0n) is 13.1. The predicted molar refractivity (Wildman–Crippen MR) is 101 cm³/mol. The molecule has 0 atom stereocenters. The molecule has 1 N–H and O–H groups in total. The van der Waals surface area contributed by atoms with Gasteiger partial charge < -0.3 is 5.32 Å². The molecule has 0 aliphatic carbocycles. The van der Waals surface area contributed by atoms with Crippen LogP contribution in [0.2, 0.25) is 5.02 Å². The molecule has 3 aromatic heterocycles. The largest absolute Gasteiger partial charge is 0.365 e. The van der Waals surface area contributed by atoms with Crippen LogP contribution < -0.4 is 5.32 Å². The second-order valence-corrected chi connectivity index (χ2v) is 6.75. The van der Waals surface area contributed by atoms with E-state index in [4.69, 9.17) is 11.6 Å². The number of halogens is 1. The molecule has 5 nitrogen and oxygen atoms in total. The summed E-state index contributed by atoms with van der Waals surface area (Å²) in [6.07, 6.45) is 7.05. The first-order chi connectivity index (χ1) is 12.3. The first kappa shape index (κ1) is 15.8. The fraction of sp³-hybridized carbons (Fsp3) is 0.0556. The van der Waals surface area contributed by atoms with Crippen LogP contribution in [0.3, 0.4) is 0 Å².